The van der Waals surface area contributed by atoms with Crippen LogP contribution in [-0.2, 0) is 9.59 Å². The molecule has 1 N–H and O–H groups in total. The van der Waals surface area contributed by atoms with Gasteiger partial charge < -0.3 is 15.1 Å². The number of pyridine rings is 2. The highest BCUT2D eigenvalue weighted by Gasteiger charge is 2.36. The van der Waals surface area contributed by atoms with Gasteiger partial charge >= 0.3 is 0 Å². The van der Waals surface area contributed by atoms with Crippen molar-refractivity contribution in [2.75, 3.05) is 20.1 Å². The predicted octanol–water partition coefficient (Wildman–Crippen LogP) is 2.60. The molecule has 10 heteroatoms. The van der Waals surface area contributed by atoms with E-state index < -0.39 is 17.9 Å². The van der Waals surface area contributed by atoms with Crippen molar-refractivity contribution in [1.82, 2.24) is 25.1 Å². The minimum atomic E-state index is -0.844. The highest BCUT2D eigenvalue weighted by atomic mass is 35.5. The number of rotatable bonds is 4. The van der Waals surface area contributed by atoms with Gasteiger partial charge in [0.1, 0.15) is 10.8 Å². The number of carbonyl (C=O) groups is 3. The van der Waals surface area contributed by atoms with Gasteiger partial charge in [0.2, 0.25) is 17.8 Å². The standard InChI is InChI=1S/C22H23ClFN5O3/c1-5-21(31)28-10-12(2)29(13(3)30)18(11-28)15-7-16(26-19(23)8-15)14-6-17(22(32)25-4)27-20(24)9-14/h5-9,12,18H,1,10-11H2,2-4H3,(H,25,32)/t12-,18+/m1/s1. The number of nitrogens with zero attached hydrogens (tertiary/aromatic N) is 4. The van der Waals surface area contributed by atoms with Gasteiger partial charge in [0, 0.05) is 44.7 Å². The fourth-order valence-corrected chi connectivity index (χ4v) is 4.15. The van der Waals surface area contributed by atoms with Crippen LogP contribution in [-0.4, -0.2) is 63.7 Å². The Kier molecular flexibility index (Phi) is 6.88. The molecule has 2 atom stereocenters. The second-order valence-corrected chi connectivity index (χ2v) is 7.88. The molecule has 168 valence electrons. The first-order valence-corrected chi connectivity index (χ1v) is 10.3. The fourth-order valence-electron chi connectivity index (χ4n) is 3.94. The highest BCUT2D eigenvalue weighted by Crippen LogP contribution is 2.33. The van der Waals surface area contributed by atoms with Gasteiger partial charge in [0.05, 0.1) is 11.7 Å². The smallest absolute Gasteiger partial charge is 0.269 e. The van der Waals surface area contributed by atoms with E-state index in [2.05, 4.69) is 21.9 Å². The van der Waals surface area contributed by atoms with E-state index in [0.717, 1.165) is 6.07 Å². The molecule has 1 fully saturated rings. The average molecular weight is 460 g/mol. The molecule has 2 aromatic heterocycles. The minimum Gasteiger partial charge on any atom is -0.354 e. The third-order valence-electron chi connectivity index (χ3n) is 5.29. The van der Waals surface area contributed by atoms with Crippen molar-refractivity contribution >= 4 is 29.3 Å². The molecule has 0 unspecified atom stereocenters. The zero-order valence-corrected chi connectivity index (χ0v) is 18.7. The van der Waals surface area contributed by atoms with Crippen LogP contribution in [0.1, 0.15) is 35.9 Å². The van der Waals surface area contributed by atoms with Gasteiger partial charge in [-0.3, -0.25) is 14.4 Å². The monoisotopic (exact) mass is 459 g/mol. The summed E-state index contributed by atoms with van der Waals surface area (Å²) in [5.41, 5.74) is 1.13. The van der Waals surface area contributed by atoms with Gasteiger partial charge in [0.25, 0.3) is 5.91 Å². The molecule has 3 amide bonds. The number of aromatic nitrogens is 2. The maximum Gasteiger partial charge on any atom is 0.269 e. The van der Waals surface area contributed by atoms with Gasteiger partial charge in [-0.15, -0.1) is 0 Å². The van der Waals surface area contributed by atoms with Gasteiger partial charge in [-0.05, 0) is 36.8 Å². The molecule has 1 saturated heterocycles. The van der Waals surface area contributed by atoms with Crippen molar-refractivity contribution in [3.63, 3.8) is 0 Å². The lowest BCUT2D eigenvalue weighted by Gasteiger charge is -2.45. The van der Waals surface area contributed by atoms with Gasteiger partial charge in [-0.2, -0.15) is 4.39 Å². The van der Waals surface area contributed by atoms with Crippen molar-refractivity contribution in [3.05, 3.63) is 59.3 Å². The first kappa shape index (κ1) is 23.3. The van der Waals surface area contributed by atoms with Crippen molar-refractivity contribution in [2.45, 2.75) is 25.9 Å². The Bertz CT molecular complexity index is 1090. The molecular weight excluding hydrogens is 437 g/mol. The van der Waals surface area contributed by atoms with Crippen LogP contribution in [0.3, 0.4) is 0 Å². The van der Waals surface area contributed by atoms with E-state index in [0.29, 0.717) is 23.4 Å². The molecular formula is C22H23ClFN5O3. The summed E-state index contributed by atoms with van der Waals surface area (Å²) in [5, 5.41) is 2.53. The molecule has 0 bridgehead atoms. The number of carbonyl (C=O) groups excluding carboxylic acids is 3. The van der Waals surface area contributed by atoms with Crippen molar-refractivity contribution in [1.29, 1.82) is 0 Å². The molecule has 0 radical (unpaired) electrons. The van der Waals surface area contributed by atoms with Crippen LogP contribution in [0.2, 0.25) is 5.15 Å². The minimum absolute atomic E-state index is 0.106. The van der Waals surface area contributed by atoms with Gasteiger partial charge in [-0.25, -0.2) is 9.97 Å². The molecule has 1 aliphatic heterocycles. The second kappa shape index (κ2) is 9.44. The summed E-state index contributed by atoms with van der Waals surface area (Å²) in [6.45, 7) is 7.47. The van der Waals surface area contributed by atoms with E-state index in [-0.39, 0.29) is 35.2 Å². The molecule has 0 spiro atoms. The van der Waals surface area contributed by atoms with E-state index >= 15 is 0 Å². The van der Waals surface area contributed by atoms with Crippen LogP contribution >= 0.6 is 11.6 Å². The predicted molar refractivity (Wildman–Crippen MR) is 117 cm³/mol. The summed E-state index contributed by atoms with van der Waals surface area (Å²) in [7, 11) is 1.42. The Hall–Kier alpha value is -3.33. The summed E-state index contributed by atoms with van der Waals surface area (Å²) in [5.74, 6) is -1.78. The number of amides is 3. The summed E-state index contributed by atoms with van der Waals surface area (Å²) >= 11 is 6.28. The maximum absolute atomic E-state index is 14.1. The van der Waals surface area contributed by atoms with Crippen molar-refractivity contribution in [3.8, 4) is 11.3 Å². The highest BCUT2D eigenvalue weighted by molar-refractivity contribution is 6.29. The van der Waals surface area contributed by atoms with Crippen LogP contribution in [0.4, 0.5) is 4.39 Å². The zero-order chi connectivity index (χ0) is 23.6. The molecule has 0 saturated carbocycles. The number of halogens is 2. The van der Waals surface area contributed by atoms with Crippen LogP contribution in [0.15, 0.2) is 36.9 Å². The van der Waals surface area contributed by atoms with Crippen LogP contribution in [0, 0.1) is 5.95 Å². The summed E-state index contributed by atoms with van der Waals surface area (Å²) in [6, 6.07) is 5.09. The first-order chi connectivity index (χ1) is 15.1. The lowest BCUT2D eigenvalue weighted by Crippen LogP contribution is -2.56. The molecule has 0 aromatic carbocycles. The van der Waals surface area contributed by atoms with Crippen molar-refractivity contribution < 1.29 is 18.8 Å². The summed E-state index contributed by atoms with van der Waals surface area (Å²) < 4.78 is 14.1. The summed E-state index contributed by atoms with van der Waals surface area (Å²) in [6.07, 6.45) is 1.23. The first-order valence-electron chi connectivity index (χ1n) is 9.92. The van der Waals surface area contributed by atoms with E-state index in [1.165, 1.54) is 26.1 Å². The topological polar surface area (TPSA) is 95.5 Å². The van der Waals surface area contributed by atoms with E-state index in [4.69, 9.17) is 11.6 Å². The quantitative estimate of drug-likeness (QED) is 0.560. The average Bonchev–Trinajstić information content (AvgIpc) is 2.76. The Morgan fingerprint density at radius 3 is 2.56 bits per heavy atom. The van der Waals surface area contributed by atoms with Gasteiger partial charge in [0.15, 0.2) is 0 Å². The molecule has 8 nitrogen and oxygen atoms in total. The lowest BCUT2D eigenvalue weighted by atomic mass is 9.98. The Balaban J connectivity index is 2.09. The number of nitrogens with one attached hydrogen (secondary N) is 1. The van der Waals surface area contributed by atoms with Crippen LogP contribution in [0.5, 0.6) is 0 Å². The number of hydrogen-bond acceptors (Lipinski definition) is 5. The molecule has 1 aliphatic rings. The van der Waals surface area contributed by atoms with Gasteiger partial charge in [-0.1, -0.05) is 18.2 Å². The Morgan fingerprint density at radius 2 is 1.94 bits per heavy atom. The Morgan fingerprint density at radius 1 is 1.22 bits per heavy atom. The zero-order valence-electron chi connectivity index (χ0n) is 17.9. The number of hydrogen-bond donors (Lipinski definition) is 1. The van der Waals surface area contributed by atoms with Crippen LogP contribution in [0.25, 0.3) is 11.3 Å². The molecule has 32 heavy (non-hydrogen) atoms. The number of piperazine rings is 1. The second-order valence-electron chi connectivity index (χ2n) is 7.49. The van der Waals surface area contributed by atoms with Crippen molar-refractivity contribution in [2.24, 2.45) is 0 Å². The van der Waals surface area contributed by atoms with E-state index in [1.54, 1.807) is 21.9 Å². The maximum atomic E-state index is 14.1. The normalized spacial score (nSPS) is 18.3. The van der Waals surface area contributed by atoms with Crippen LogP contribution < -0.4 is 5.32 Å². The molecule has 0 aliphatic carbocycles. The fraction of sp³-hybridized carbons (Fsp3) is 0.318. The largest absolute Gasteiger partial charge is 0.354 e. The molecule has 2 aromatic rings. The molecule has 3 heterocycles. The SMILES string of the molecule is C=CC(=O)N1C[C@@H](C)N(C(C)=O)[C@H](c2cc(Cl)nc(-c3cc(F)nc(C(=O)NC)c3)c2)C1. The Labute approximate surface area is 190 Å². The summed E-state index contributed by atoms with van der Waals surface area (Å²) in [4.78, 5) is 47.8. The van der Waals surface area contributed by atoms with E-state index in [1.807, 2.05) is 6.92 Å². The third-order valence-corrected chi connectivity index (χ3v) is 5.48. The third kappa shape index (κ3) is 4.77. The molecule has 3 rings (SSSR count). The lowest BCUT2D eigenvalue weighted by molar-refractivity contribution is -0.143. The van der Waals surface area contributed by atoms with E-state index in [9.17, 15) is 18.8 Å².